The summed E-state index contributed by atoms with van der Waals surface area (Å²) >= 11 is 0. The van der Waals surface area contributed by atoms with Gasteiger partial charge in [-0.05, 0) is 25.3 Å². The highest BCUT2D eigenvalue weighted by molar-refractivity contribution is 7.89. The predicted octanol–water partition coefficient (Wildman–Crippen LogP) is 1.93. The van der Waals surface area contributed by atoms with Crippen molar-refractivity contribution < 1.29 is 17.6 Å². The van der Waals surface area contributed by atoms with Gasteiger partial charge in [-0.15, -0.1) is 0 Å². The second-order valence-electron chi connectivity index (χ2n) is 6.36. The van der Waals surface area contributed by atoms with Crippen LogP contribution in [0.1, 0.15) is 35.4 Å². The van der Waals surface area contributed by atoms with E-state index in [2.05, 4.69) is 0 Å². The van der Waals surface area contributed by atoms with E-state index in [0.29, 0.717) is 29.6 Å². The zero-order valence-corrected chi connectivity index (χ0v) is 14.5. The molecule has 1 fully saturated rings. The maximum Gasteiger partial charge on any atom is 0.290 e. The lowest BCUT2D eigenvalue weighted by atomic mass is 10.0. The zero-order valence-electron chi connectivity index (χ0n) is 13.7. The number of carbonyl (C=O) groups excluding carboxylic acids is 1. The number of hydrogen-bond acceptors (Lipinski definition) is 5. The molecule has 130 valence electrons. The van der Waals surface area contributed by atoms with E-state index in [0.717, 1.165) is 25.5 Å². The molecule has 0 radical (unpaired) electrons. The third-order valence-electron chi connectivity index (χ3n) is 4.46. The third-order valence-corrected chi connectivity index (χ3v) is 5.27. The summed E-state index contributed by atoms with van der Waals surface area (Å²) in [5, 5.41) is 0.674. The van der Waals surface area contributed by atoms with E-state index >= 15 is 0 Å². The molecule has 1 saturated heterocycles. The molecular weight excluding hydrogens is 328 g/mol. The quantitative estimate of drug-likeness (QED) is 0.909. The molecule has 1 aromatic heterocycles. The van der Waals surface area contributed by atoms with E-state index < -0.39 is 9.84 Å². The number of hydrogen-bond donors (Lipinski definition) is 1. The predicted molar refractivity (Wildman–Crippen MR) is 92.5 cm³/mol. The molecule has 0 saturated carbocycles. The third kappa shape index (κ3) is 3.32. The smallest absolute Gasteiger partial charge is 0.290 e. The normalized spacial score (nSPS) is 18.9. The van der Waals surface area contributed by atoms with Crippen molar-refractivity contribution in [3.8, 4) is 0 Å². The zero-order chi connectivity index (χ0) is 17.3. The van der Waals surface area contributed by atoms with Crippen molar-refractivity contribution in [3.05, 3.63) is 35.6 Å². The number of para-hydroxylation sites is 1. The van der Waals surface area contributed by atoms with Crippen molar-refractivity contribution >= 4 is 26.7 Å². The van der Waals surface area contributed by atoms with E-state index in [-0.39, 0.29) is 23.5 Å². The lowest BCUT2D eigenvalue weighted by Crippen LogP contribution is -2.47. The molecule has 1 unspecified atom stereocenters. The van der Waals surface area contributed by atoms with Gasteiger partial charge >= 0.3 is 0 Å². The molecule has 6 nitrogen and oxygen atoms in total. The first kappa shape index (κ1) is 17.0. The molecule has 0 bridgehead atoms. The van der Waals surface area contributed by atoms with Gasteiger partial charge in [0.2, 0.25) is 0 Å². The highest BCUT2D eigenvalue weighted by Crippen LogP contribution is 2.30. The molecule has 2 aromatic rings. The first-order valence-electron chi connectivity index (χ1n) is 8.10. The summed E-state index contributed by atoms with van der Waals surface area (Å²) in [5.41, 5.74) is 6.78. The number of nitrogens with two attached hydrogens (primary N) is 1. The van der Waals surface area contributed by atoms with Crippen molar-refractivity contribution in [1.82, 2.24) is 4.90 Å². The van der Waals surface area contributed by atoms with Crippen molar-refractivity contribution in [1.29, 1.82) is 0 Å². The summed E-state index contributed by atoms with van der Waals surface area (Å²) in [7, 11) is -3.30. The largest absolute Gasteiger partial charge is 0.451 e. The topological polar surface area (TPSA) is 93.6 Å². The number of amides is 1. The van der Waals surface area contributed by atoms with Gasteiger partial charge in [-0.1, -0.05) is 18.2 Å². The fourth-order valence-corrected chi connectivity index (χ4v) is 4.13. The monoisotopic (exact) mass is 350 g/mol. The Balaban J connectivity index is 2.07. The van der Waals surface area contributed by atoms with Crippen LogP contribution in [0.25, 0.3) is 11.0 Å². The fraction of sp³-hybridized carbons (Fsp3) is 0.471. The molecule has 0 spiro atoms. The molecule has 3 rings (SSSR count). The molecule has 1 atom stereocenters. The lowest BCUT2D eigenvalue weighted by Gasteiger charge is -2.34. The van der Waals surface area contributed by atoms with E-state index in [1.165, 1.54) is 0 Å². The number of sulfone groups is 1. The number of piperidine rings is 1. The second-order valence-corrected chi connectivity index (χ2v) is 8.50. The number of nitrogens with zero attached hydrogens (tertiary/aromatic N) is 1. The maximum absolute atomic E-state index is 13.0. The summed E-state index contributed by atoms with van der Waals surface area (Å²) in [5.74, 6) is -0.353. The van der Waals surface area contributed by atoms with Gasteiger partial charge in [-0.25, -0.2) is 8.42 Å². The van der Waals surface area contributed by atoms with Gasteiger partial charge < -0.3 is 15.1 Å². The summed E-state index contributed by atoms with van der Waals surface area (Å²) in [4.78, 5) is 14.8. The summed E-state index contributed by atoms with van der Waals surface area (Å²) < 4.78 is 29.4. The van der Waals surface area contributed by atoms with Gasteiger partial charge in [0, 0.05) is 36.3 Å². The number of carbonyl (C=O) groups is 1. The van der Waals surface area contributed by atoms with Gasteiger partial charge in [-0.3, -0.25) is 4.79 Å². The number of benzene rings is 1. The molecule has 0 aliphatic carbocycles. The van der Waals surface area contributed by atoms with Gasteiger partial charge in [0.25, 0.3) is 5.91 Å². The van der Waals surface area contributed by atoms with Crippen LogP contribution in [0, 0.1) is 0 Å². The van der Waals surface area contributed by atoms with Crippen LogP contribution in [0.5, 0.6) is 0 Å². The van der Waals surface area contributed by atoms with Crippen LogP contribution in [0.4, 0.5) is 0 Å². The molecule has 1 aliphatic rings. The highest BCUT2D eigenvalue weighted by atomic mass is 32.2. The number of fused-ring (bicyclic) bond motifs is 1. The lowest BCUT2D eigenvalue weighted by molar-refractivity contribution is 0.0592. The minimum Gasteiger partial charge on any atom is -0.451 e. The summed E-state index contributed by atoms with van der Waals surface area (Å²) in [6, 6.07) is 7.11. The van der Waals surface area contributed by atoms with E-state index in [9.17, 15) is 13.2 Å². The standard InChI is InChI=1S/C17H22N2O4S/c1-24(21,22)11-14-13-7-2-3-8-15(13)23-16(14)17(20)19-9-5-4-6-12(19)10-18/h2-3,7-8,12H,4-6,9-11,18H2,1H3. The van der Waals surface area contributed by atoms with Gasteiger partial charge in [0.1, 0.15) is 5.58 Å². The van der Waals surface area contributed by atoms with Crippen LogP contribution in [0.15, 0.2) is 28.7 Å². The molecule has 1 aromatic carbocycles. The van der Waals surface area contributed by atoms with Crippen LogP contribution in [0.2, 0.25) is 0 Å². The van der Waals surface area contributed by atoms with Gasteiger partial charge in [0.15, 0.2) is 15.6 Å². The van der Waals surface area contributed by atoms with Crippen molar-refractivity contribution in [3.63, 3.8) is 0 Å². The fourth-order valence-electron chi connectivity index (χ4n) is 3.32. The average molecular weight is 350 g/mol. The summed E-state index contributed by atoms with van der Waals surface area (Å²) in [6.45, 7) is 1.02. The van der Waals surface area contributed by atoms with E-state index in [1.807, 2.05) is 6.07 Å². The molecule has 2 N–H and O–H groups in total. The Hall–Kier alpha value is -1.86. The Morgan fingerprint density at radius 1 is 1.33 bits per heavy atom. The second kappa shape index (κ2) is 6.57. The minimum absolute atomic E-state index is 0.0226. The molecule has 1 amide bonds. The van der Waals surface area contributed by atoms with Gasteiger partial charge in [-0.2, -0.15) is 0 Å². The summed E-state index contributed by atoms with van der Waals surface area (Å²) in [6.07, 6.45) is 3.99. The molecule has 1 aliphatic heterocycles. The highest BCUT2D eigenvalue weighted by Gasteiger charge is 2.31. The van der Waals surface area contributed by atoms with Crippen molar-refractivity contribution in [2.24, 2.45) is 5.73 Å². The Kier molecular flexibility index (Phi) is 4.64. The van der Waals surface area contributed by atoms with E-state index in [4.69, 9.17) is 10.2 Å². The van der Waals surface area contributed by atoms with Crippen LogP contribution in [0.3, 0.4) is 0 Å². The molecule has 2 heterocycles. The SMILES string of the molecule is CS(=O)(=O)Cc1c(C(=O)N2CCCCC2CN)oc2ccccc12. The van der Waals surface area contributed by atoms with Crippen molar-refractivity contribution in [2.75, 3.05) is 19.3 Å². The minimum atomic E-state index is -3.30. The van der Waals surface area contributed by atoms with Crippen molar-refractivity contribution in [2.45, 2.75) is 31.1 Å². The van der Waals surface area contributed by atoms with E-state index in [1.54, 1.807) is 23.1 Å². The van der Waals surface area contributed by atoms with Gasteiger partial charge in [0.05, 0.1) is 5.75 Å². The average Bonchev–Trinajstić information content (AvgIpc) is 2.91. The Bertz CT molecular complexity index is 857. The number of likely N-dealkylation sites (tertiary alicyclic amines) is 1. The first-order valence-corrected chi connectivity index (χ1v) is 10.2. The number of furan rings is 1. The van der Waals surface area contributed by atoms with Crippen LogP contribution < -0.4 is 5.73 Å². The first-order chi connectivity index (χ1) is 11.4. The van der Waals surface area contributed by atoms with Crippen LogP contribution >= 0.6 is 0 Å². The number of rotatable bonds is 4. The van der Waals surface area contributed by atoms with Crippen LogP contribution in [-0.4, -0.2) is 44.6 Å². The Morgan fingerprint density at radius 3 is 2.79 bits per heavy atom. The molecular formula is C17H22N2O4S. The molecule has 24 heavy (non-hydrogen) atoms. The molecule has 7 heteroatoms. The van der Waals surface area contributed by atoms with Crippen LogP contribution in [-0.2, 0) is 15.6 Å². The Labute approximate surface area is 141 Å². The maximum atomic E-state index is 13.0. The Morgan fingerprint density at radius 2 is 2.08 bits per heavy atom.